The number of aryl methyl sites for hydroxylation is 1. The number of primary amides is 1. The Balaban J connectivity index is 1.41. The molecule has 178 valence electrons. The van der Waals surface area contributed by atoms with Crippen LogP contribution in [0, 0.1) is 6.92 Å². The number of pyridine rings is 1. The van der Waals surface area contributed by atoms with Crippen molar-refractivity contribution in [3.8, 4) is 0 Å². The Labute approximate surface area is 199 Å². The molecule has 1 saturated heterocycles. The number of nitrogens with one attached hydrogen (secondary N) is 1. The van der Waals surface area contributed by atoms with Crippen LogP contribution >= 0.6 is 0 Å². The maximum atomic E-state index is 12.7. The van der Waals surface area contributed by atoms with Gasteiger partial charge in [-0.3, -0.25) is 14.6 Å². The maximum absolute atomic E-state index is 12.7. The number of benzene rings is 1. The monoisotopic (exact) mass is 474 g/mol. The quantitative estimate of drug-likeness (QED) is 0.376. The number of carbonyl (C=O) groups excluding carboxylic acids is 2. The van der Waals surface area contributed by atoms with E-state index in [0.717, 1.165) is 5.39 Å². The summed E-state index contributed by atoms with van der Waals surface area (Å²) in [4.78, 5) is 50.7. The first-order valence-corrected chi connectivity index (χ1v) is 11.0. The topological polar surface area (TPSA) is 165 Å². The van der Waals surface area contributed by atoms with Gasteiger partial charge in [-0.05, 0) is 36.8 Å². The average molecular weight is 474 g/mol. The van der Waals surface area contributed by atoms with Crippen LogP contribution in [0.25, 0.3) is 22.1 Å². The van der Waals surface area contributed by atoms with Crippen LogP contribution in [0.1, 0.15) is 28.3 Å². The molecule has 0 radical (unpaired) electrons. The lowest BCUT2D eigenvalue weighted by atomic mass is 10.1. The molecule has 2 amide bonds. The van der Waals surface area contributed by atoms with Gasteiger partial charge in [-0.25, -0.2) is 14.8 Å². The molecule has 0 spiro atoms. The number of fused-ring (bicyclic) bond motifs is 3. The minimum atomic E-state index is -1.03. The van der Waals surface area contributed by atoms with Crippen molar-refractivity contribution in [2.75, 3.05) is 11.4 Å². The Hall–Kier alpha value is -4.54. The fourth-order valence-corrected chi connectivity index (χ4v) is 4.47. The summed E-state index contributed by atoms with van der Waals surface area (Å²) in [5.41, 5.74) is 7.55. The van der Waals surface area contributed by atoms with Gasteiger partial charge in [0.1, 0.15) is 28.7 Å². The van der Waals surface area contributed by atoms with E-state index in [2.05, 4.69) is 20.3 Å². The van der Waals surface area contributed by atoms with E-state index in [1.54, 1.807) is 17.9 Å². The molecule has 0 aliphatic carbocycles. The number of carboxylic acids is 1. The van der Waals surface area contributed by atoms with Crippen molar-refractivity contribution in [2.24, 2.45) is 5.73 Å². The highest BCUT2D eigenvalue weighted by Crippen LogP contribution is 2.35. The Kier molecular flexibility index (Phi) is 5.51. The molecule has 0 saturated carbocycles. The van der Waals surface area contributed by atoms with Gasteiger partial charge in [-0.15, -0.1) is 0 Å². The summed E-state index contributed by atoms with van der Waals surface area (Å²) >= 11 is 0. The zero-order chi connectivity index (χ0) is 24.7. The lowest BCUT2D eigenvalue weighted by Crippen LogP contribution is -2.39. The molecule has 4 heterocycles. The number of para-hydroxylation sites is 1. The maximum Gasteiger partial charge on any atom is 0.326 e. The predicted molar refractivity (Wildman–Crippen MR) is 126 cm³/mol. The van der Waals surface area contributed by atoms with Crippen molar-refractivity contribution >= 4 is 45.7 Å². The number of rotatable bonds is 6. The number of hydrogen-bond acceptors (Lipinski definition) is 8. The zero-order valence-electron chi connectivity index (χ0n) is 18.8. The number of nitrogens with two attached hydrogens (primary N) is 1. The van der Waals surface area contributed by atoms with Gasteiger partial charge < -0.3 is 25.5 Å². The number of aromatic nitrogens is 3. The van der Waals surface area contributed by atoms with Crippen LogP contribution in [0.5, 0.6) is 0 Å². The number of hydrogen-bond donors (Lipinski definition) is 3. The van der Waals surface area contributed by atoms with Gasteiger partial charge in [0.25, 0.3) is 5.91 Å². The van der Waals surface area contributed by atoms with Crippen LogP contribution in [0.2, 0.25) is 0 Å². The molecule has 1 aromatic carbocycles. The molecule has 0 bridgehead atoms. The van der Waals surface area contributed by atoms with E-state index in [4.69, 9.17) is 10.2 Å². The van der Waals surface area contributed by atoms with Gasteiger partial charge in [0, 0.05) is 30.6 Å². The molecule has 2 unspecified atom stereocenters. The smallest absolute Gasteiger partial charge is 0.326 e. The molecular formula is C24H22N6O5. The molecule has 4 aromatic rings. The van der Waals surface area contributed by atoms with Crippen molar-refractivity contribution < 1.29 is 23.9 Å². The van der Waals surface area contributed by atoms with Crippen LogP contribution in [0.15, 0.2) is 47.0 Å². The van der Waals surface area contributed by atoms with Gasteiger partial charge in [-0.1, -0.05) is 12.1 Å². The second-order valence-corrected chi connectivity index (χ2v) is 8.47. The molecule has 1 aliphatic rings. The molecule has 11 heteroatoms. The highest BCUT2D eigenvalue weighted by Gasteiger charge is 2.40. The van der Waals surface area contributed by atoms with E-state index in [0.29, 0.717) is 33.9 Å². The summed E-state index contributed by atoms with van der Waals surface area (Å²) in [6, 6.07) is 9.18. The second kappa shape index (κ2) is 8.67. The third kappa shape index (κ3) is 4.23. The van der Waals surface area contributed by atoms with E-state index < -0.39 is 24.0 Å². The molecule has 4 N–H and O–H groups in total. The Morgan fingerprint density at radius 3 is 2.80 bits per heavy atom. The first-order chi connectivity index (χ1) is 16.8. The number of aliphatic carboxylic acids is 1. The molecule has 5 rings (SSSR count). The van der Waals surface area contributed by atoms with Crippen LogP contribution in [0.4, 0.5) is 5.82 Å². The van der Waals surface area contributed by atoms with Gasteiger partial charge in [0.15, 0.2) is 11.4 Å². The Morgan fingerprint density at radius 1 is 1.23 bits per heavy atom. The summed E-state index contributed by atoms with van der Waals surface area (Å²) < 4.78 is 6.01. The SMILES string of the molecule is Cc1nc(N2CC(NC(=O)Cc3ccnc(C(N)=O)c3)CC2C(=O)O)c2oc3ccccc3c2n1. The van der Waals surface area contributed by atoms with Gasteiger partial charge >= 0.3 is 5.97 Å². The number of furan rings is 1. The van der Waals surface area contributed by atoms with Gasteiger partial charge in [0.05, 0.1) is 6.42 Å². The third-order valence-electron chi connectivity index (χ3n) is 5.98. The molecule has 35 heavy (non-hydrogen) atoms. The molecular weight excluding hydrogens is 452 g/mol. The fourth-order valence-electron chi connectivity index (χ4n) is 4.47. The van der Waals surface area contributed by atoms with E-state index in [-0.39, 0.29) is 31.0 Å². The molecule has 2 atom stereocenters. The minimum Gasteiger partial charge on any atom is -0.480 e. The summed E-state index contributed by atoms with van der Waals surface area (Å²) in [7, 11) is 0. The summed E-state index contributed by atoms with van der Waals surface area (Å²) in [5.74, 6) is -1.15. The standard InChI is InChI=1S/C24H22N6O5/c1-12-27-20-15-4-2-3-5-18(15)35-21(20)23(28-12)30-11-14(10-17(30)24(33)34)29-19(31)9-13-6-7-26-16(8-13)22(25)32/h2-8,14,17H,9-11H2,1H3,(H2,25,32)(H,29,31)(H,33,34). The Bertz CT molecular complexity index is 1480. The number of carbonyl (C=O) groups is 3. The molecule has 3 aromatic heterocycles. The van der Waals surface area contributed by atoms with Crippen LogP contribution in [-0.4, -0.2) is 56.5 Å². The van der Waals surface area contributed by atoms with Crippen molar-refractivity contribution in [3.05, 3.63) is 59.7 Å². The van der Waals surface area contributed by atoms with Crippen LogP contribution in [0.3, 0.4) is 0 Å². The van der Waals surface area contributed by atoms with Gasteiger partial charge in [0.2, 0.25) is 5.91 Å². The molecule has 11 nitrogen and oxygen atoms in total. The van der Waals surface area contributed by atoms with Gasteiger partial charge in [-0.2, -0.15) is 0 Å². The van der Waals surface area contributed by atoms with Crippen molar-refractivity contribution in [1.29, 1.82) is 0 Å². The van der Waals surface area contributed by atoms with Crippen molar-refractivity contribution in [2.45, 2.75) is 31.8 Å². The molecule has 1 aliphatic heterocycles. The van der Waals surface area contributed by atoms with E-state index in [1.165, 1.54) is 12.3 Å². The fraction of sp³-hybridized carbons (Fsp3) is 0.250. The normalized spacial score (nSPS) is 17.7. The van der Waals surface area contributed by atoms with E-state index in [1.807, 2.05) is 24.3 Å². The highest BCUT2D eigenvalue weighted by molar-refractivity contribution is 6.06. The largest absolute Gasteiger partial charge is 0.480 e. The lowest BCUT2D eigenvalue weighted by Gasteiger charge is -2.22. The average Bonchev–Trinajstić information content (AvgIpc) is 3.40. The first-order valence-electron chi connectivity index (χ1n) is 11.0. The minimum absolute atomic E-state index is 0.00251. The van der Waals surface area contributed by atoms with Crippen LogP contribution in [-0.2, 0) is 16.0 Å². The highest BCUT2D eigenvalue weighted by atomic mass is 16.4. The van der Waals surface area contributed by atoms with Crippen molar-refractivity contribution in [1.82, 2.24) is 20.3 Å². The van der Waals surface area contributed by atoms with E-state index >= 15 is 0 Å². The Morgan fingerprint density at radius 2 is 2.03 bits per heavy atom. The van der Waals surface area contributed by atoms with E-state index in [9.17, 15) is 19.5 Å². The lowest BCUT2D eigenvalue weighted by molar-refractivity contribution is -0.138. The van der Waals surface area contributed by atoms with Crippen LogP contribution < -0.4 is 16.0 Å². The number of carboxylic acid groups (broad SMARTS) is 1. The number of nitrogens with zero attached hydrogens (tertiary/aromatic N) is 4. The predicted octanol–water partition coefficient (Wildman–Crippen LogP) is 1.57. The number of amides is 2. The second-order valence-electron chi connectivity index (χ2n) is 8.47. The third-order valence-corrected chi connectivity index (χ3v) is 5.98. The summed E-state index contributed by atoms with van der Waals surface area (Å²) in [6.07, 6.45) is 1.60. The van der Waals surface area contributed by atoms with Crippen molar-refractivity contribution in [3.63, 3.8) is 0 Å². The summed E-state index contributed by atoms with van der Waals surface area (Å²) in [5, 5.41) is 13.6. The molecule has 1 fully saturated rings. The summed E-state index contributed by atoms with van der Waals surface area (Å²) in [6.45, 7) is 1.97. The number of anilines is 1. The zero-order valence-corrected chi connectivity index (χ0v) is 18.8. The first kappa shape index (κ1) is 22.3.